The van der Waals surface area contributed by atoms with Crippen molar-refractivity contribution in [2.45, 2.75) is 19.3 Å². The van der Waals surface area contributed by atoms with E-state index in [1.54, 1.807) is 0 Å². The van der Waals surface area contributed by atoms with Crippen LogP contribution in [-0.4, -0.2) is 0 Å². The molecule has 3 heteroatoms. The van der Waals surface area contributed by atoms with E-state index in [1.807, 2.05) is 6.07 Å². The average Bonchev–Trinajstić information content (AvgIpc) is 3.90. The summed E-state index contributed by atoms with van der Waals surface area (Å²) in [5.74, 6) is 0. The molecule has 0 atom stereocenters. The third-order valence-corrected chi connectivity index (χ3v) is 12.4. The molecule has 1 aliphatic rings. The quantitative estimate of drug-likeness (QED) is 0.176. The van der Waals surface area contributed by atoms with Crippen LogP contribution in [0.1, 0.15) is 25.0 Å². The standard InChI is InChI=1S/C55H37NO2/c1-55(2)47-18-10-8-16-42(47)43-28-23-38(31-48(43)55)52-53-45-17-9-11-19-49(45)57-51(53)33-46-44-29-27-41(32-50(44)58-54(46)52)56(40-26-22-35-14-6-7-15-37(35)30-40)39-24-20-36(21-25-39)34-12-4-3-5-13-34/h3-33H,1-2H3. The second kappa shape index (κ2) is 12.3. The van der Waals surface area contributed by atoms with Crippen molar-refractivity contribution in [3.63, 3.8) is 0 Å². The van der Waals surface area contributed by atoms with Gasteiger partial charge in [0.2, 0.25) is 0 Å². The largest absolute Gasteiger partial charge is 0.456 e. The first-order valence-corrected chi connectivity index (χ1v) is 20.0. The lowest BCUT2D eigenvalue weighted by molar-refractivity contribution is 0.660. The first kappa shape index (κ1) is 32.8. The van der Waals surface area contributed by atoms with Crippen molar-refractivity contribution < 1.29 is 8.83 Å². The molecule has 0 N–H and O–H groups in total. The summed E-state index contributed by atoms with van der Waals surface area (Å²) in [7, 11) is 0. The van der Waals surface area contributed by atoms with Gasteiger partial charge in [-0.2, -0.15) is 0 Å². The van der Waals surface area contributed by atoms with Crippen molar-refractivity contribution in [3.05, 3.63) is 199 Å². The van der Waals surface area contributed by atoms with Crippen LogP contribution in [0.4, 0.5) is 17.1 Å². The number of hydrogen-bond acceptors (Lipinski definition) is 3. The van der Waals surface area contributed by atoms with Gasteiger partial charge in [-0.3, -0.25) is 0 Å². The van der Waals surface area contributed by atoms with Crippen LogP contribution in [0.15, 0.2) is 197 Å². The molecule has 0 saturated carbocycles. The molecular weight excluding hydrogens is 707 g/mol. The van der Waals surface area contributed by atoms with Crippen molar-refractivity contribution in [1.29, 1.82) is 0 Å². The molecule has 0 unspecified atom stereocenters. The lowest BCUT2D eigenvalue weighted by Crippen LogP contribution is -2.14. The smallest absolute Gasteiger partial charge is 0.144 e. The predicted molar refractivity (Wildman–Crippen MR) is 242 cm³/mol. The Hall–Kier alpha value is -7.36. The van der Waals surface area contributed by atoms with Crippen molar-refractivity contribution in [1.82, 2.24) is 0 Å². The Balaban J connectivity index is 1.07. The van der Waals surface area contributed by atoms with Gasteiger partial charge in [0.05, 0.1) is 0 Å². The maximum Gasteiger partial charge on any atom is 0.144 e. The number of nitrogens with zero attached hydrogens (tertiary/aromatic N) is 1. The average molecular weight is 744 g/mol. The van der Waals surface area contributed by atoms with E-state index < -0.39 is 0 Å². The molecular formula is C55H37NO2. The molecule has 2 heterocycles. The van der Waals surface area contributed by atoms with E-state index in [0.29, 0.717) is 0 Å². The first-order chi connectivity index (χ1) is 28.5. The molecule has 9 aromatic carbocycles. The minimum atomic E-state index is -0.137. The SMILES string of the molecule is CC1(C)c2ccccc2-c2ccc(-c3c4oc5cc(N(c6ccc(-c7ccccc7)cc6)c6ccc7ccccc7c6)ccc5c4cc4oc5ccccc5c34)cc21. The zero-order valence-electron chi connectivity index (χ0n) is 32.2. The van der Waals surface area contributed by atoms with Gasteiger partial charge in [-0.25, -0.2) is 0 Å². The van der Waals surface area contributed by atoms with Crippen LogP contribution in [0, 0.1) is 0 Å². The van der Waals surface area contributed by atoms with Gasteiger partial charge in [-0.1, -0.05) is 141 Å². The minimum Gasteiger partial charge on any atom is -0.456 e. The monoisotopic (exact) mass is 743 g/mol. The van der Waals surface area contributed by atoms with Crippen LogP contribution < -0.4 is 4.90 Å². The van der Waals surface area contributed by atoms with Gasteiger partial charge in [0.1, 0.15) is 22.3 Å². The molecule has 0 amide bonds. The molecule has 0 bridgehead atoms. The maximum atomic E-state index is 7.14. The van der Waals surface area contributed by atoms with E-state index in [2.05, 4.69) is 201 Å². The van der Waals surface area contributed by atoms with Gasteiger partial charge in [-0.15, -0.1) is 0 Å². The van der Waals surface area contributed by atoms with E-state index in [1.165, 1.54) is 44.2 Å². The molecule has 0 spiro atoms. The number of anilines is 3. The molecule has 12 rings (SSSR count). The van der Waals surface area contributed by atoms with Crippen molar-refractivity contribution >= 4 is 71.7 Å². The highest BCUT2D eigenvalue weighted by atomic mass is 16.3. The molecule has 58 heavy (non-hydrogen) atoms. The normalized spacial score (nSPS) is 13.1. The summed E-state index contributed by atoms with van der Waals surface area (Å²) in [5.41, 5.74) is 16.3. The highest BCUT2D eigenvalue weighted by Crippen LogP contribution is 2.52. The lowest BCUT2D eigenvalue weighted by Gasteiger charge is -2.26. The summed E-state index contributed by atoms with van der Waals surface area (Å²) >= 11 is 0. The molecule has 1 aliphatic carbocycles. The van der Waals surface area contributed by atoms with E-state index in [-0.39, 0.29) is 5.41 Å². The van der Waals surface area contributed by atoms with Gasteiger partial charge in [0, 0.05) is 55.7 Å². The lowest BCUT2D eigenvalue weighted by atomic mass is 9.81. The number of hydrogen-bond donors (Lipinski definition) is 0. The Kier molecular flexibility index (Phi) is 6.98. The summed E-state index contributed by atoms with van der Waals surface area (Å²) < 4.78 is 13.8. The second-order valence-electron chi connectivity index (χ2n) is 16.1. The molecule has 2 aromatic heterocycles. The minimum absolute atomic E-state index is 0.137. The molecule has 274 valence electrons. The Morgan fingerprint density at radius 2 is 1.07 bits per heavy atom. The topological polar surface area (TPSA) is 29.5 Å². The van der Waals surface area contributed by atoms with Gasteiger partial charge in [0.25, 0.3) is 0 Å². The Morgan fingerprint density at radius 3 is 1.95 bits per heavy atom. The summed E-state index contributed by atoms with van der Waals surface area (Å²) in [6, 6.07) is 67.5. The summed E-state index contributed by atoms with van der Waals surface area (Å²) in [5, 5.41) is 6.65. The van der Waals surface area contributed by atoms with E-state index in [0.717, 1.165) is 72.1 Å². The fraction of sp³-hybridized carbons (Fsp3) is 0.0545. The summed E-state index contributed by atoms with van der Waals surface area (Å²) in [6.07, 6.45) is 0. The first-order valence-electron chi connectivity index (χ1n) is 20.0. The van der Waals surface area contributed by atoms with Crippen LogP contribution >= 0.6 is 0 Å². The molecule has 0 saturated heterocycles. The summed E-state index contributed by atoms with van der Waals surface area (Å²) in [6.45, 7) is 4.67. The highest BCUT2D eigenvalue weighted by molar-refractivity contribution is 6.23. The van der Waals surface area contributed by atoms with Gasteiger partial charge >= 0.3 is 0 Å². The maximum absolute atomic E-state index is 7.14. The van der Waals surface area contributed by atoms with Crippen LogP contribution in [-0.2, 0) is 5.41 Å². The van der Waals surface area contributed by atoms with Crippen LogP contribution in [0.25, 0.3) is 88.0 Å². The Labute approximate surface area is 336 Å². The second-order valence-corrected chi connectivity index (χ2v) is 16.1. The number of rotatable bonds is 5. The number of furan rings is 2. The zero-order chi connectivity index (χ0) is 38.5. The van der Waals surface area contributed by atoms with Gasteiger partial charge in [0.15, 0.2) is 0 Å². The highest BCUT2D eigenvalue weighted by Gasteiger charge is 2.36. The van der Waals surface area contributed by atoms with Crippen molar-refractivity contribution in [3.8, 4) is 33.4 Å². The molecule has 0 aliphatic heterocycles. The van der Waals surface area contributed by atoms with Crippen molar-refractivity contribution in [2.24, 2.45) is 0 Å². The number of fused-ring (bicyclic) bond motifs is 10. The van der Waals surface area contributed by atoms with Gasteiger partial charge in [-0.05, 0) is 104 Å². The molecule has 0 radical (unpaired) electrons. The van der Waals surface area contributed by atoms with Crippen LogP contribution in [0.2, 0.25) is 0 Å². The fourth-order valence-corrected chi connectivity index (χ4v) is 9.57. The third-order valence-electron chi connectivity index (χ3n) is 12.4. The van der Waals surface area contributed by atoms with E-state index >= 15 is 0 Å². The molecule has 3 nitrogen and oxygen atoms in total. The third kappa shape index (κ3) is 4.86. The van der Waals surface area contributed by atoms with Crippen molar-refractivity contribution in [2.75, 3.05) is 4.90 Å². The van der Waals surface area contributed by atoms with E-state index in [9.17, 15) is 0 Å². The predicted octanol–water partition coefficient (Wildman–Crippen LogP) is 15.7. The van der Waals surface area contributed by atoms with E-state index in [4.69, 9.17) is 8.83 Å². The molecule has 11 aromatic rings. The van der Waals surface area contributed by atoms with Crippen LogP contribution in [0.5, 0.6) is 0 Å². The molecule has 0 fully saturated rings. The Morgan fingerprint density at radius 1 is 0.397 bits per heavy atom. The van der Waals surface area contributed by atoms with Crippen LogP contribution in [0.3, 0.4) is 0 Å². The van der Waals surface area contributed by atoms with Gasteiger partial charge < -0.3 is 13.7 Å². The Bertz CT molecular complexity index is 3420. The zero-order valence-corrected chi connectivity index (χ0v) is 32.2. The summed E-state index contributed by atoms with van der Waals surface area (Å²) in [4.78, 5) is 2.33. The number of para-hydroxylation sites is 1. The fourth-order valence-electron chi connectivity index (χ4n) is 9.57. The number of benzene rings is 9.